The zero-order valence-electron chi connectivity index (χ0n) is 20.6. The van der Waals surface area contributed by atoms with E-state index >= 15 is 0 Å². The first-order valence-corrected chi connectivity index (χ1v) is 16.7. The lowest BCUT2D eigenvalue weighted by Crippen LogP contribution is -2.06. The number of hydrogen-bond donors (Lipinski definition) is 4. The Labute approximate surface area is 191 Å². The fourth-order valence-electron chi connectivity index (χ4n) is 3.37. The van der Waals surface area contributed by atoms with Crippen LogP contribution in [0.25, 0.3) is 0 Å². The average molecular weight is 470 g/mol. The molecule has 0 aliphatic carbocycles. The third-order valence-electron chi connectivity index (χ3n) is 5.37. The second-order valence-corrected chi connectivity index (χ2v) is 14.3. The van der Waals surface area contributed by atoms with Crippen molar-refractivity contribution < 1.29 is 14.7 Å². The minimum atomic E-state index is -3.60. The molecule has 0 saturated heterocycles. The molecule has 30 heavy (non-hydrogen) atoms. The molecule has 0 spiro atoms. The smallest absolute Gasteiger partial charge is 0.277 e. The molecule has 0 aromatic heterocycles. The number of unbranched alkanes of at least 4 members (excludes halogenated alkanes) is 15. The number of rotatable bonds is 20. The van der Waals surface area contributed by atoms with Crippen LogP contribution in [0.15, 0.2) is 0 Å². The largest absolute Gasteiger partial charge is 0.330 e. The van der Waals surface area contributed by atoms with Crippen molar-refractivity contribution in [1.29, 1.82) is 0 Å². The fraction of sp³-hybridized carbons (Fsp3) is 1.00. The van der Waals surface area contributed by atoms with Crippen molar-refractivity contribution in [2.45, 2.75) is 136 Å². The average Bonchev–Trinajstić information content (AvgIpc) is 2.71. The lowest BCUT2D eigenvalue weighted by Gasteiger charge is -2.15. The summed E-state index contributed by atoms with van der Waals surface area (Å²) in [6, 6.07) is 0. The molecule has 0 rings (SSSR count). The number of hydrogen-bond acceptors (Lipinski definition) is 1. The monoisotopic (exact) mass is 469 g/mol. The van der Waals surface area contributed by atoms with E-state index in [9.17, 15) is 14.7 Å². The van der Waals surface area contributed by atoms with Gasteiger partial charge < -0.3 is 20.4 Å². The molecule has 0 atom stereocenters. The van der Waals surface area contributed by atoms with Gasteiger partial charge in [0.1, 0.15) is 0 Å². The lowest BCUT2D eigenvalue weighted by atomic mass is 10.1. The summed E-state index contributed by atoms with van der Waals surface area (Å²) >= 11 is 0. The van der Waals surface area contributed by atoms with Gasteiger partial charge in [-0.25, -0.2) is 0 Å². The molecular formula is C24H56NO3PS. The van der Waals surface area contributed by atoms with E-state index in [4.69, 9.17) is 5.73 Å². The van der Waals surface area contributed by atoms with Gasteiger partial charge in [0.15, 0.2) is 0 Å². The van der Waals surface area contributed by atoms with Crippen LogP contribution in [0.2, 0.25) is 0 Å². The fourth-order valence-corrected chi connectivity index (χ4v) is 7.38. The highest BCUT2D eigenvalue weighted by Gasteiger charge is 2.12. The van der Waals surface area contributed by atoms with Gasteiger partial charge in [0, 0.05) is 0 Å². The van der Waals surface area contributed by atoms with E-state index in [2.05, 4.69) is 20.8 Å². The Morgan fingerprint density at radius 3 is 1.10 bits per heavy atom. The predicted octanol–water partition coefficient (Wildman–Crippen LogP) is 7.29. The molecule has 4 nitrogen and oxygen atoms in total. The van der Waals surface area contributed by atoms with Crippen LogP contribution in [-0.4, -0.2) is 32.7 Å². The van der Waals surface area contributed by atoms with Crippen LogP contribution < -0.4 is 5.73 Å². The van der Waals surface area contributed by atoms with Crippen molar-refractivity contribution in [1.82, 2.24) is 0 Å². The molecule has 0 bridgehead atoms. The molecule has 186 valence electrons. The summed E-state index contributed by atoms with van der Waals surface area (Å²) in [5, 5.41) is 0. The highest BCUT2D eigenvalue weighted by Crippen LogP contribution is 2.37. The van der Waals surface area contributed by atoms with Crippen LogP contribution in [0.4, 0.5) is 0 Å². The second kappa shape index (κ2) is 25.9. The minimum absolute atomic E-state index is 0.571. The van der Waals surface area contributed by atoms with Crippen LogP contribution in [0, 0.1) is 0 Å². The lowest BCUT2D eigenvalue weighted by molar-refractivity contribution is 0.362. The molecule has 0 heterocycles. The third-order valence-corrected chi connectivity index (χ3v) is 10.8. The van der Waals surface area contributed by atoms with Crippen molar-refractivity contribution in [3.05, 3.63) is 0 Å². The summed E-state index contributed by atoms with van der Waals surface area (Å²) in [4.78, 5) is 28.3. The zero-order chi connectivity index (χ0) is 22.9. The quantitative estimate of drug-likeness (QED) is 0.111. The van der Waals surface area contributed by atoms with E-state index in [0.717, 1.165) is 43.7 Å². The highest BCUT2D eigenvalue weighted by molar-refractivity contribution is 8.27. The van der Waals surface area contributed by atoms with E-state index in [0.29, 0.717) is 0 Å². The van der Waals surface area contributed by atoms with Gasteiger partial charge in [-0.05, 0) is 37.3 Å². The molecule has 0 radical (unpaired) electrons. The number of nitrogens with two attached hydrogens (primary N) is 1. The van der Waals surface area contributed by atoms with Gasteiger partial charge in [-0.15, -0.1) is 10.1 Å². The van der Waals surface area contributed by atoms with Crippen molar-refractivity contribution >= 4 is 16.8 Å². The topological polar surface area (TPSA) is 86.7 Å². The van der Waals surface area contributed by atoms with Crippen molar-refractivity contribution in [3.8, 4) is 0 Å². The van der Waals surface area contributed by atoms with Crippen molar-refractivity contribution in [2.75, 3.05) is 18.1 Å². The summed E-state index contributed by atoms with van der Waals surface area (Å²) < 4.78 is 0. The third kappa shape index (κ3) is 26.7. The molecule has 0 aromatic carbocycles. The molecule has 0 aromatic rings. The Bertz CT molecular complexity index is 356. The molecule has 0 fully saturated rings. The zero-order valence-corrected chi connectivity index (χ0v) is 22.3. The van der Waals surface area contributed by atoms with Crippen LogP contribution in [0.3, 0.4) is 0 Å². The van der Waals surface area contributed by atoms with Crippen LogP contribution in [0.1, 0.15) is 136 Å². The molecule has 0 unspecified atom stereocenters. The Morgan fingerprint density at radius 1 is 0.500 bits per heavy atom. The van der Waals surface area contributed by atoms with Gasteiger partial charge in [0.25, 0.3) is 6.72 Å². The predicted molar refractivity (Wildman–Crippen MR) is 140 cm³/mol. The molecular weight excluding hydrogens is 413 g/mol. The summed E-state index contributed by atoms with van der Waals surface area (Å²) in [7, 11) is -0.571. The molecule has 0 aliphatic heterocycles. The van der Waals surface area contributed by atoms with Crippen LogP contribution in [0.5, 0.6) is 0 Å². The van der Waals surface area contributed by atoms with Gasteiger partial charge >= 0.3 is 0 Å². The Balaban J connectivity index is 0. The normalized spacial score (nSPS) is 11.6. The summed E-state index contributed by atoms with van der Waals surface area (Å²) in [6.07, 6.45) is 23.0. The molecule has 6 heteroatoms. The van der Waals surface area contributed by atoms with Gasteiger partial charge in [-0.3, -0.25) is 0 Å². The van der Waals surface area contributed by atoms with E-state index < -0.39 is 16.8 Å². The van der Waals surface area contributed by atoms with Crippen molar-refractivity contribution in [3.63, 3.8) is 0 Å². The van der Waals surface area contributed by atoms with E-state index in [1.807, 2.05) is 0 Å². The van der Waals surface area contributed by atoms with Gasteiger partial charge in [-0.2, -0.15) is 0 Å². The second-order valence-electron chi connectivity index (χ2n) is 8.48. The highest BCUT2D eigenvalue weighted by atomic mass is 32.5. The first kappa shape index (κ1) is 32.8. The molecule has 5 N–H and O–H groups in total. The Hall–Kier alpha value is 0.620. The van der Waals surface area contributed by atoms with E-state index in [1.165, 1.54) is 89.9 Å². The maximum Gasteiger partial charge on any atom is 0.277 e. The molecule has 0 saturated carbocycles. The van der Waals surface area contributed by atoms with Gasteiger partial charge in [0.2, 0.25) is 0 Å². The van der Waals surface area contributed by atoms with E-state index in [-0.39, 0.29) is 0 Å². The van der Waals surface area contributed by atoms with Crippen molar-refractivity contribution in [2.24, 2.45) is 5.73 Å². The molecule has 0 aliphatic rings. The Morgan fingerprint density at radius 2 is 0.800 bits per heavy atom. The standard InChI is InChI=1S/C12H27N.C12H29O3PS/c1-2-3-4-5-6-7-8-9-10-11-12-13;1-3-5-7-9-11-17(16(13,14)15)12-10-8-6-4-2/h2-13H2,1H3;13-15H,3-12H2,1-2H3. The van der Waals surface area contributed by atoms with Gasteiger partial charge in [0.05, 0.1) is 0 Å². The van der Waals surface area contributed by atoms with Gasteiger partial charge in [-0.1, -0.05) is 117 Å². The summed E-state index contributed by atoms with van der Waals surface area (Å²) in [5.41, 5.74) is 5.42. The molecule has 0 amide bonds. The maximum atomic E-state index is 9.43. The summed E-state index contributed by atoms with van der Waals surface area (Å²) in [5.74, 6) is 1.56. The van der Waals surface area contributed by atoms with Crippen LogP contribution in [-0.2, 0) is 10.1 Å². The Kier molecular flexibility index (Phi) is 28.3. The minimum Gasteiger partial charge on any atom is -0.330 e. The van der Waals surface area contributed by atoms with E-state index in [1.54, 1.807) is 0 Å². The first-order chi connectivity index (χ1) is 14.4. The summed E-state index contributed by atoms with van der Waals surface area (Å²) in [6.45, 7) is 3.86. The first-order valence-electron chi connectivity index (χ1n) is 12.9. The maximum absolute atomic E-state index is 9.43. The SMILES string of the molecule is CCCCCCCCCCCCN.CCCCCCS(CCCCCC)=P(O)(O)O. The van der Waals surface area contributed by atoms with Crippen LogP contribution >= 0.6 is 6.72 Å².